The summed E-state index contributed by atoms with van der Waals surface area (Å²) in [5.41, 5.74) is 2.56. The summed E-state index contributed by atoms with van der Waals surface area (Å²) >= 11 is 3.44. The van der Waals surface area contributed by atoms with Gasteiger partial charge in [-0.2, -0.15) is 10.2 Å². The maximum atomic E-state index is 12.2. The number of pyridine rings is 2. The number of amides is 2. The van der Waals surface area contributed by atoms with E-state index in [1.165, 1.54) is 24.0 Å². The van der Waals surface area contributed by atoms with Gasteiger partial charge in [0.05, 0.1) is 47.4 Å². The number of benzene rings is 2. The summed E-state index contributed by atoms with van der Waals surface area (Å²) in [6.07, 6.45) is 8.84. The number of nitrogens with zero attached hydrogens (tertiary/aromatic N) is 8. The van der Waals surface area contributed by atoms with Crippen molar-refractivity contribution in [2.75, 3.05) is 41.4 Å². The van der Waals surface area contributed by atoms with Crippen molar-refractivity contribution in [3.8, 4) is 35.6 Å². The molecule has 62 heavy (non-hydrogen) atoms. The highest BCUT2D eigenvalue weighted by Crippen LogP contribution is 2.26. The minimum atomic E-state index is -1.66. The molecule has 2 aliphatic rings. The Morgan fingerprint density at radius 3 is 1.65 bits per heavy atom. The molecule has 2 N–H and O–H groups in total. The zero-order valence-corrected chi connectivity index (χ0v) is 35.7. The zero-order chi connectivity index (χ0) is 44.2. The number of aliphatic hydroxyl groups is 2. The van der Waals surface area contributed by atoms with Crippen LogP contribution in [-0.2, 0) is 19.1 Å². The molecule has 0 bridgehead atoms. The van der Waals surface area contributed by atoms with Crippen molar-refractivity contribution in [1.29, 1.82) is 0 Å². The monoisotopic (exact) mass is 904 g/mol. The number of hydrogen-bond donors (Lipinski definition) is 2. The fraction of sp³-hybridized carbons (Fsp3) is 0.289. The number of likely N-dealkylation sites (N-methyl/N-ethyl adjacent to an activating group) is 2. The van der Waals surface area contributed by atoms with Crippen molar-refractivity contribution in [2.45, 2.75) is 45.3 Å². The van der Waals surface area contributed by atoms with E-state index in [9.17, 15) is 29.4 Å². The van der Waals surface area contributed by atoms with Gasteiger partial charge in [0.15, 0.2) is 11.4 Å². The highest BCUT2D eigenvalue weighted by Gasteiger charge is 2.43. The maximum Gasteiger partial charge on any atom is 0.359 e. The standard InChI is InChI=1S/C22H20N4O4.C15H12BrN3O2.C7H9NO2.CH4/c1-14-11-18-17(13-23-14)19(20(27)30-3)24-26(18)16-6-4-5-15(12-16)7-8-22(29)9-10-25(2)21(22)28;1-9-6-13-12(8-17-9)14(15(20)21-2)18-19(13)11-5-3-4-10(16)7-11;1-3-7(10)4-5-8(2)6(7)9;/h4-6,11-13,29H,9-10H2,1-3H3;3-8H,1-2H3;1,10H,4-5H2,2H3;1H4/t22-;;7-;/m0.0./s1. The first-order chi connectivity index (χ1) is 29.0. The maximum absolute atomic E-state index is 12.2. The van der Waals surface area contributed by atoms with Crippen molar-refractivity contribution in [3.63, 3.8) is 0 Å². The first-order valence-electron chi connectivity index (χ1n) is 18.7. The summed E-state index contributed by atoms with van der Waals surface area (Å²) in [6.45, 7) is 4.76. The van der Waals surface area contributed by atoms with Crippen molar-refractivity contribution >= 4 is 61.5 Å². The van der Waals surface area contributed by atoms with Gasteiger partial charge in [0.25, 0.3) is 11.8 Å². The van der Waals surface area contributed by atoms with Crippen LogP contribution in [0, 0.1) is 38.0 Å². The lowest BCUT2D eigenvalue weighted by Crippen LogP contribution is -2.37. The Bertz CT molecular complexity index is 2820. The predicted octanol–water partition coefficient (Wildman–Crippen LogP) is 4.59. The first-order valence-corrected chi connectivity index (χ1v) is 19.5. The number of likely N-dealkylation sites (tertiary alicyclic amines) is 2. The molecule has 2 amide bonds. The molecule has 16 nitrogen and oxygen atoms in total. The van der Waals surface area contributed by atoms with Crippen LogP contribution in [0.5, 0.6) is 0 Å². The van der Waals surface area contributed by atoms with Gasteiger partial charge in [0.2, 0.25) is 11.2 Å². The molecule has 6 heterocycles. The highest BCUT2D eigenvalue weighted by atomic mass is 79.9. The molecule has 6 aromatic rings. The van der Waals surface area contributed by atoms with Crippen LogP contribution in [-0.4, -0.2) is 126 Å². The topological polar surface area (TPSA) is 195 Å². The van der Waals surface area contributed by atoms with Crippen LogP contribution in [0.4, 0.5) is 0 Å². The van der Waals surface area contributed by atoms with E-state index in [1.54, 1.807) is 54.1 Å². The number of aryl methyl sites for hydroxylation is 2. The Balaban J connectivity index is 0.000000196. The molecule has 0 aliphatic carbocycles. The number of aromatic nitrogens is 6. The molecule has 0 spiro atoms. The van der Waals surface area contributed by atoms with Gasteiger partial charge >= 0.3 is 11.9 Å². The third-order valence-corrected chi connectivity index (χ3v) is 10.5. The van der Waals surface area contributed by atoms with Crippen LogP contribution < -0.4 is 0 Å². The van der Waals surface area contributed by atoms with Crippen LogP contribution >= 0.6 is 15.9 Å². The fourth-order valence-electron chi connectivity index (χ4n) is 6.57. The Morgan fingerprint density at radius 1 is 0.758 bits per heavy atom. The van der Waals surface area contributed by atoms with E-state index in [1.807, 2.05) is 56.3 Å². The van der Waals surface area contributed by atoms with Crippen molar-refractivity contribution in [1.82, 2.24) is 39.3 Å². The average Bonchev–Trinajstić information content (AvgIpc) is 3.98. The fourth-order valence-corrected chi connectivity index (χ4v) is 6.95. The highest BCUT2D eigenvalue weighted by molar-refractivity contribution is 9.10. The summed E-state index contributed by atoms with van der Waals surface area (Å²) in [6, 6.07) is 18.6. The molecule has 0 radical (unpaired) electrons. The molecule has 17 heteroatoms. The Morgan fingerprint density at radius 2 is 1.23 bits per heavy atom. The third kappa shape index (κ3) is 9.35. The van der Waals surface area contributed by atoms with E-state index in [-0.39, 0.29) is 31.1 Å². The largest absolute Gasteiger partial charge is 0.464 e. The SMILES string of the molecule is C.C#C[C@]1(O)CCN(C)C1=O.COC(=O)c1nn(-c2cccc(Br)c2)c2cc(C)ncc12.COC(=O)c1nn(-c2cccc(C#C[C@]3(O)CCN(C)C3=O)c2)c2cc(C)ncc12. The molecule has 0 saturated carbocycles. The molecule has 2 atom stereocenters. The lowest BCUT2D eigenvalue weighted by atomic mass is 10.0. The first kappa shape index (κ1) is 46.2. The number of esters is 2. The van der Waals surface area contributed by atoms with Crippen molar-refractivity contribution < 1.29 is 38.9 Å². The Kier molecular flexibility index (Phi) is 14.0. The number of terminal acetylenes is 1. The number of rotatable bonds is 4. The summed E-state index contributed by atoms with van der Waals surface area (Å²) in [5, 5.41) is 29.9. The molecule has 8 rings (SSSR count). The van der Waals surface area contributed by atoms with Crippen molar-refractivity contribution in [2.24, 2.45) is 0 Å². The van der Waals surface area contributed by atoms with Gasteiger partial charge in [0.1, 0.15) is 0 Å². The lowest BCUT2D eigenvalue weighted by Gasteiger charge is -2.13. The van der Waals surface area contributed by atoms with Gasteiger partial charge in [-0.15, -0.1) is 6.42 Å². The molecule has 4 aromatic heterocycles. The number of carbonyl (C=O) groups excluding carboxylic acids is 4. The van der Waals surface area contributed by atoms with Crippen LogP contribution in [0.15, 0.2) is 77.5 Å². The van der Waals surface area contributed by atoms with E-state index in [0.717, 1.165) is 27.1 Å². The van der Waals surface area contributed by atoms with E-state index < -0.39 is 29.0 Å². The van der Waals surface area contributed by atoms with E-state index in [0.29, 0.717) is 47.1 Å². The molecule has 2 aliphatic heterocycles. The number of carbonyl (C=O) groups is 4. The second kappa shape index (κ2) is 18.8. The number of fused-ring (bicyclic) bond motifs is 2. The van der Waals surface area contributed by atoms with E-state index in [4.69, 9.17) is 15.9 Å². The summed E-state index contributed by atoms with van der Waals surface area (Å²) in [7, 11) is 5.91. The quantitative estimate of drug-likeness (QED) is 0.185. The third-order valence-electron chi connectivity index (χ3n) is 9.98. The van der Waals surface area contributed by atoms with Gasteiger partial charge in [0, 0.05) is 73.8 Å². The summed E-state index contributed by atoms with van der Waals surface area (Å²) < 4.78 is 13.9. The number of ether oxygens (including phenoxy) is 2. The molecular weight excluding hydrogens is 860 g/mol. The number of methoxy groups -OCH3 is 2. The molecular formula is C45H45BrN8O8. The smallest absolute Gasteiger partial charge is 0.359 e. The van der Waals surface area contributed by atoms with Gasteiger partial charge in [-0.25, -0.2) is 19.0 Å². The second-order valence-electron chi connectivity index (χ2n) is 14.3. The number of hydrogen-bond acceptors (Lipinski definition) is 12. The normalized spacial score (nSPS) is 17.8. The molecule has 320 valence electrons. The van der Waals surface area contributed by atoms with E-state index in [2.05, 4.69) is 53.9 Å². The van der Waals surface area contributed by atoms with Crippen LogP contribution in [0.1, 0.15) is 58.2 Å². The Labute approximate surface area is 366 Å². The Hall–Kier alpha value is -6.92. The average molecular weight is 906 g/mol. The molecule has 0 unspecified atom stereocenters. The molecule has 2 aromatic carbocycles. The summed E-state index contributed by atoms with van der Waals surface area (Å²) in [4.78, 5) is 58.5. The van der Waals surface area contributed by atoms with Gasteiger partial charge < -0.3 is 29.5 Å². The number of halogens is 1. The van der Waals surface area contributed by atoms with Gasteiger partial charge in [-0.05, 0) is 62.4 Å². The minimum absolute atomic E-state index is 0. The molecule has 2 saturated heterocycles. The molecule has 2 fully saturated rings. The van der Waals surface area contributed by atoms with Crippen LogP contribution in [0.2, 0.25) is 0 Å². The van der Waals surface area contributed by atoms with E-state index >= 15 is 0 Å². The predicted molar refractivity (Wildman–Crippen MR) is 234 cm³/mol. The lowest BCUT2D eigenvalue weighted by molar-refractivity contribution is -0.138. The van der Waals surface area contributed by atoms with Gasteiger partial charge in [-0.1, -0.05) is 53.3 Å². The zero-order valence-electron chi connectivity index (χ0n) is 34.1. The second-order valence-corrected chi connectivity index (χ2v) is 15.2. The van der Waals surface area contributed by atoms with Gasteiger partial charge in [-0.3, -0.25) is 19.6 Å². The van der Waals surface area contributed by atoms with Crippen LogP contribution in [0.25, 0.3) is 33.2 Å². The van der Waals surface area contributed by atoms with Crippen LogP contribution in [0.3, 0.4) is 0 Å². The summed E-state index contributed by atoms with van der Waals surface area (Å²) in [5.74, 6) is 5.91. The minimum Gasteiger partial charge on any atom is -0.464 e. The van der Waals surface area contributed by atoms with Crippen molar-refractivity contribution in [3.05, 3.63) is 106 Å².